The smallest absolute Gasteiger partial charge is 0.181 e. The number of hydrogen-bond donors (Lipinski definition) is 3. The largest absolute Gasteiger partial charge is 0.390 e. The van der Waals surface area contributed by atoms with E-state index in [0.717, 1.165) is 5.57 Å². The number of aliphatic hydroxyl groups excluding tert-OH is 2. The molecule has 0 aromatic heterocycles. The molecule has 0 spiro atoms. The standard InChI is InChI=1S/C15H24O4/c1-9(2)11-8-14(18)15(4,19)6-5-12(16)10(3)7-13(11)17/h7,12,14,16,18-19H,5-6,8H2,1-4H3/b10-7-/t12-,14+,15+/m0/s1. The number of carbonyl (C=O) groups is 1. The van der Waals surface area contributed by atoms with Crippen molar-refractivity contribution in [3.63, 3.8) is 0 Å². The first-order valence-electron chi connectivity index (χ1n) is 6.62. The van der Waals surface area contributed by atoms with Gasteiger partial charge >= 0.3 is 0 Å². The molecule has 0 saturated carbocycles. The zero-order chi connectivity index (χ0) is 14.8. The Morgan fingerprint density at radius 2 is 1.95 bits per heavy atom. The Balaban J connectivity index is 3.21. The van der Waals surface area contributed by atoms with Crippen molar-refractivity contribution in [1.29, 1.82) is 0 Å². The first kappa shape index (κ1) is 16.1. The monoisotopic (exact) mass is 268 g/mol. The van der Waals surface area contributed by atoms with Crippen LogP contribution in [0.4, 0.5) is 0 Å². The highest BCUT2D eigenvalue weighted by molar-refractivity contribution is 6.04. The van der Waals surface area contributed by atoms with Crippen LogP contribution in [0.3, 0.4) is 0 Å². The Labute approximate surface area is 114 Å². The third kappa shape index (κ3) is 4.00. The van der Waals surface area contributed by atoms with E-state index in [-0.39, 0.29) is 18.6 Å². The second-order valence-corrected chi connectivity index (χ2v) is 5.86. The highest BCUT2D eigenvalue weighted by Crippen LogP contribution is 2.27. The van der Waals surface area contributed by atoms with E-state index in [0.29, 0.717) is 17.6 Å². The van der Waals surface area contributed by atoms with Gasteiger partial charge in [-0.2, -0.15) is 0 Å². The second-order valence-electron chi connectivity index (χ2n) is 5.86. The summed E-state index contributed by atoms with van der Waals surface area (Å²) in [5.74, 6) is -0.201. The summed E-state index contributed by atoms with van der Waals surface area (Å²) in [6.07, 6.45) is 0.391. The van der Waals surface area contributed by atoms with Gasteiger partial charge in [0, 0.05) is 12.0 Å². The molecule has 108 valence electrons. The van der Waals surface area contributed by atoms with Crippen LogP contribution in [-0.4, -0.2) is 38.9 Å². The normalized spacial score (nSPS) is 36.7. The van der Waals surface area contributed by atoms with E-state index in [1.165, 1.54) is 13.0 Å². The van der Waals surface area contributed by atoms with E-state index < -0.39 is 17.8 Å². The molecule has 4 heteroatoms. The highest BCUT2D eigenvalue weighted by atomic mass is 16.3. The molecule has 0 saturated heterocycles. The number of aliphatic hydroxyl groups is 3. The topological polar surface area (TPSA) is 77.8 Å². The van der Waals surface area contributed by atoms with Crippen molar-refractivity contribution in [1.82, 2.24) is 0 Å². The fraction of sp³-hybridized carbons (Fsp3) is 0.667. The number of ketones is 1. The summed E-state index contributed by atoms with van der Waals surface area (Å²) in [5, 5.41) is 30.3. The average molecular weight is 268 g/mol. The quantitative estimate of drug-likeness (QED) is 0.582. The number of allylic oxidation sites excluding steroid dienone is 2. The molecule has 3 N–H and O–H groups in total. The second kappa shape index (κ2) is 5.99. The van der Waals surface area contributed by atoms with Gasteiger partial charge in [-0.05, 0) is 52.2 Å². The first-order valence-corrected chi connectivity index (χ1v) is 6.62. The highest BCUT2D eigenvalue weighted by Gasteiger charge is 2.33. The van der Waals surface area contributed by atoms with Gasteiger partial charge in [0.1, 0.15) is 0 Å². The van der Waals surface area contributed by atoms with E-state index >= 15 is 0 Å². The molecular weight excluding hydrogens is 244 g/mol. The van der Waals surface area contributed by atoms with Gasteiger partial charge in [0.25, 0.3) is 0 Å². The maximum absolute atomic E-state index is 12.1. The molecule has 19 heavy (non-hydrogen) atoms. The average Bonchev–Trinajstić information content (AvgIpc) is 2.30. The van der Waals surface area contributed by atoms with Crippen LogP contribution in [0.1, 0.15) is 47.0 Å². The van der Waals surface area contributed by atoms with Crippen molar-refractivity contribution in [2.45, 2.75) is 64.8 Å². The summed E-state index contributed by atoms with van der Waals surface area (Å²) in [6, 6.07) is 0. The minimum atomic E-state index is -1.31. The van der Waals surface area contributed by atoms with E-state index in [1.807, 2.05) is 0 Å². The number of rotatable bonds is 0. The van der Waals surface area contributed by atoms with Gasteiger partial charge in [0.2, 0.25) is 0 Å². The van der Waals surface area contributed by atoms with Crippen LogP contribution in [0.15, 0.2) is 22.8 Å². The maximum atomic E-state index is 12.1. The van der Waals surface area contributed by atoms with E-state index in [4.69, 9.17) is 0 Å². The van der Waals surface area contributed by atoms with Crippen LogP contribution in [0.2, 0.25) is 0 Å². The summed E-state index contributed by atoms with van der Waals surface area (Å²) in [4.78, 5) is 12.1. The van der Waals surface area contributed by atoms with Crippen LogP contribution in [0.25, 0.3) is 0 Å². The van der Waals surface area contributed by atoms with Crippen LogP contribution in [0, 0.1) is 0 Å². The van der Waals surface area contributed by atoms with Crippen molar-refractivity contribution in [3.8, 4) is 0 Å². The molecule has 4 nitrogen and oxygen atoms in total. The van der Waals surface area contributed by atoms with Gasteiger partial charge in [-0.15, -0.1) is 0 Å². The minimum absolute atomic E-state index is 0.133. The minimum Gasteiger partial charge on any atom is -0.390 e. The molecule has 0 radical (unpaired) electrons. The Kier molecular flexibility index (Phi) is 5.07. The van der Waals surface area contributed by atoms with Gasteiger partial charge in [-0.25, -0.2) is 0 Å². The van der Waals surface area contributed by atoms with Crippen LogP contribution < -0.4 is 0 Å². The van der Waals surface area contributed by atoms with Crippen molar-refractivity contribution in [2.75, 3.05) is 0 Å². The molecule has 1 rings (SSSR count). The first-order chi connectivity index (χ1) is 8.65. The lowest BCUT2D eigenvalue weighted by Gasteiger charge is -2.31. The molecule has 0 heterocycles. The lowest BCUT2D eigenvalue weighted by atomic mass is 9.84. The Hall–Kier alpha value is -0.970. The Morgan fingerprint density at radius 1 is 1.37 bits per heavy atom. The molecule has 0 fully saturated rings. The molecule has 0 aromatic rings. The summed E-state index contributed by atoms with van der Waals surface area (Å²) >= 11 is 0. The van der Waals surface area contributed by atoms with Gasteiger partial charge in [0.05, 0.1) is 17.8 Å². The predicted molar refractivity (Wildman–Crippen MR) is 73.6 cm³/mol. The summed E-state index contributed by atoms with van der Waals surface area (Å²) < 4.78 is 0. The Bertz CT molecular complexity index is 414. The van der Waals surface area contributed by atoms with E-state index in [9.17, 15) is 20.1 Å². The molecule has 0 amide bonds. The van der Waals surface area contributed by atoms with Gasteiger partial charge in [0.15, 0.2) is 5.78 Å². The molecule has 0 unspecified atom stereocenters. The van der Waals surface area contributed by atoms with Crippen molar-refractivity contribution in [3.05, 3.63) is 22.8 Å². The zero-order valence-electron chi connectivity index (χ0n) is 12.1. The van der Waals surface area contributed by atoms with Crippen molar-refractivity contribution < 1.29 is 20.1 Å². The molecular formula is C15H24O4. The third-order valence-electron chi connectivity index (χ3n) is 3.82. The third-order valence-corrected chi connectivity index (χ3v) is 3.82. The lowest BCUT2D eigenvalue weighted by molar-refractivity contribution is -0.113. The van der Waals surface area contributed by atoms with Crippen LogP contribution in [-0.2, 0) is 4.79 Å². The number of hydrogen-bond acceptors (Lipinski definition) is 4. The zero-order valence-corrected chi connectivity index (χ0v) is 12.1. The SMILES string of the molecule is CC(C)=C1C[C@@H](O)[C@](C)(O)CC[C@H](O)/C(C)=C\C1=O. The van der Waals surface area contributed by atoms with Crippen LogP contribution >= 0.6 is 0 Å². The van der Waals surface area contributed by atoms with Gasteiger partial charge in [-0.1, -0.05) is 5.57 Å². The van der Waals surface area contributed by atoms with E-state index in [1.54, 1.807) is 20.8 Å². The molecule has 1 aliphatic carbocycles. The summed E-state index contributed by atoms with van der Waals surface area (Å²) in [5.41, 5.74) is 0.607. The lowest BCUT2D eigenvalue weighted by Crippen LogP contribution is -2.41. The maximum Gasteiger partial charge on any atom is 0.181 e. The molecule has 0 aliphatic heterocycles. The van der Waals surface area contributed by atoms with Gasteiger partial charge < -0.3 is 15.3 Å². The van der Waals surface area contributed by atoms with Crippen molar-refractivity contribution in [2.24, 2.45) is 0 Å². The van der Waals surface area contributed by atoms with Gasteiger partial charge in [-0.3, -0.25) is 4.79 Å². The molecule has 1 aliphatic rings. The fourth-order valence-electron chi connectivity index (χ4n) is 2.18. The van der Waals surface area contributed by atoms with Crippen molar-refractivity contribution >= 4 is 5.78 Å². The molecule has 0 bridgehead atoms. The summed E-state index contributed by atoms with van der Waals surface area (Å²) in [6.45, 7) is 6.86. The Morgan fingerprint density at radius 3 is 2.47 bits per heavy atom. The molecule has 0 aromatic carbocycles. The molecule has 3 atom stereocenters. The predicted octanol–water partition coefficient (Wildman–Crippen LogP) is 1.49. The van der Waals surface area contributed by atoms with Crippen LogP contribution in [0.5, 0.6) is 0 Å². The number of carbonyl (C=O) groups excluding carboxylic acids is 1. The fourth-order valence-corrected chi connectivity index (χ4v) is 2.18. The van der Waals surface area contributed by atoms with E-state index in [2.05, 4.69) is 0 Å². The summed E-state index contributed by atoms with van der Waals surface area (Å²) in [7, 11) is 0.